The number of rotatable bonds is 1. The molecule has 0 unspecified atom stereocenters. The summed E-state index contributed by atoms with van der Waals surface area (Å²) in [6.07, 6.45) is 0. The minimum atomic E-state index is -0.430. The number of aromatic hydroxyl groups is 1. The molecule has 0 aliphatic heterocycles. The first-order valence-corrected chi connectivity index (χ1v) is 6.97. The van der Waals surface area contributed by atoms with Crippen LogP contribution in [0, 0.1) is 0 Å². The number of phenolic OH excluding ortho intramolecular Hbond substituents is 1. The van der Waals surface area contributed by atoms with E-state index in [0.717, 1.165) is 27.3 Å². The smallest absolute Gasteiger partial charge is 0.336 e. The predicted molar refractivity (Wildman–Crippen MR) is 87.1 cm³/mol. The molecule has 1 N–H and O–H groups in total. The van der Waals surface area contributed by atoms with E-state index in [0.29, 0.717) is 5.58 Å². The maximum atomic E-state index is 11.9. The molecule has 1 aromatic heterocycles. The maximum absolute atomic E-state index is 11.9. The summed E-state index contributed by atoms with van der Waals surface area (Å²) >= 11 is 0. The lowest BCUT2D eigenvalue weighted by Crippen LogP contribution is -1.98. The van der Waals surface area contributed by atoms with Crippen molar-refractivity contribution in [2.24, 2.45) is 0 Å². The lowest BCUT2D eigenvalue weighted by Gasteiger charge is -2.09. The number of benzene rings is 3. The van der Waals surface area contributed by atoms with Crippen LogP contribution in [0.25, 0.3) is 32.9 Å². The van der Waals surface area contributed by atoms with Gasteiger partial charge in [0.2, 0.25) is 0 Å². The Kier molecular flexibility index (Phi) is 2.73. The first-order valence-electron chi connectivity index (χ1n) is 6.97. The molecule has 0 saturated carbocycles. The zero-order chi connectivity index (χ0) is 15.1. The average Bonchev–Trinajstić information content (AvgIpc) is 2.53. The molecule has 0 saturated heterocycles. The first-order chi connectivity index (χ1) is 10.7. The van der Waals surface area contributed by atoms with Crippen molar-refractivity contribution in [2.75, 3.05) is 0 Å². The van der Waals surface area contributed by atoms with Gasteiger partial charge in [0, 0.05) is 23.1 Å². The van der Waals surface area contributed by atoms with Gasteiger partial charge in [-0.25, -0.2) is 4.79 Å². The highest BCUT2D eigenvalue weighted by Gasteiger charge is 2.11. The van der Waals surface area contributed by atoms with Crippen molar-refractivity contribution in [3.05, 3.63) is 77.2 Å². The van der Waals surface area contributed by atoms with Crippen LogP contribution in [0.1, 0.15) is 0 Å². The van der Waals surface area contributed by atoms with E-state index in [1.807, 2.05) is 42.5 Å². The van der Waals surface area contributed by atoms with Gasteiger partial charge in [-0.05, 0) is 28.5 Å². The standard InChI is InChI=1S/C19H12O3/c20-13-8-9-16-17(11-19(21)22-18(16)10-13)15-7-3-5-12-4-1-2-6-14(12)15/h1-11,20H. The van der Waals surface area contributed by atoms with Crippen LogP contribution in [-0.2, 0) is 0 Å². The summed E-state index contributed by atoms with van der Waals surface area (Å²) in [5.74, 6) is 0.0747. The predicted octanol–water partition coefficient (Wildman–Crippen LogP) is 4.32. The number of hydrogen-bond donors (Lipinski definition) is 1. The highest BCUT2D eigenvalue weighted by atomic mass is 16.4. The summed E-state index contributed by atoms with van der Waals surface area (Å²) in [5, 5.41) is 12.6. The van der Waals surface area contributed by atoms with Gasteiger partial charge in [0.15, 0.2) is 0 Å². The van der Waals surface area contributed by atoms with Gasteiger partial charge in [-0.2, -0.15) is 0 Å². The van der Waals surface area contributed by atoms with E-state index >= 15 is 0 Å². The quantitative estimate of drug-likeness (QED) is 0.531. The van der Waals surface area contributed by atoms with Gasteiger partial charge >= 0.3 is 5.63 Å². The molecule has 3 nitrogen and oxygen atoms in total. The van der Waals surface area contributed by atoms with Crippen LogP contribution in [-0.4, -0.2) is 5.11 Å². The molecule has 0 bridgehead atoms. The maximum Gasteiger partial charge on any atom is 0.336 e. The molecule has 0 atom stereocenters. The second-order valence-corrected chi connectivity index (χ2v) is 5.19. The van der Waals surface area contributed by atoms with Crippen LogP contribution in [0.4, 0.5) is 0 Å². The van der Waals surface area contributed by atoms with Gasteiger partial charge in [0.1, 0.15) is 11.3 Å². The second kappa shape index (κ2) is 4.74. The van der Waals surface area contributed by atoms with Crippen molar-refractivity contribution < 1.29 is 9.52 Å². The molecule has 0 fully saturated rings. The van der Waals surface area contributed by atoms with E-state index in [-0.39, 0.29) is 5.75 Å². The van der Waals surface area contributed by atoms with Crippen LogP contribution >= 0.6 is 0 Å². The molecule has 0 aliphatic carbocycles. The molecular weight excluding hydrogens is 276 g/mol. The fourth-order valence-corrected chi connectivity index (χ4v) is 2.83. The van der Waals surface area contributed by atoms with E-state index in [1.54, 1.807) is 12.1 Å². The van der Waals surface area contributed by atoms with Gasteiger partial charge < -0.3 is 9.52 Å². The van der Waals surface area contributed by atoms with Crippen molar-refractivity contribution in [2.45, 2.75) is 0 Å². The van der Waals surface area contributed by atoms with Crippen molar-refractivity contribution in [3.63, 3.8) is 0 Å². The molecule has 0 aliphatic rings. The van der Waals surface area contributed by atoms with E-state index in [9.17, 15) is 9.90 Å². The SMILES string of the molecule is O=c1cc(-c2cccc3ccccc23)c2ccc(O)cc2o1. The summed E-state index contributed by atoms with van der Waals surface area (Å²) in [4.78, 5) is 11.9. The largest absolute Gasteiger partial charge is 0.508 e. The van der Waals surface area contributed by atoms with Crippen LogP contribution in [0.5, 0.6) is 5.75 Å². The Morgan fingerprint density at radius 3 is 2.50 bits per heavy atom. The molecule has 0 radical (unpaired) electrons. The summed E-state index contributed by atoms with van der Waals surface area (Å²) in [5.41, 5.74) is 1.74. The van der Waals surface area contributed by atoms with Gasteiger partial charge in [0.25, 0.3) is 0 Å². The summed E-state index contributed by atoms with van der Waals surface area (Å²) < 4.78 is 5.20. The van der Waals surface area contributed by atoms with Crippen LogP contribution < -0.4 is 5.63 Å². The van der Waals surface area contributed by atoms with Crippen LogP contribution in [0.2, 0.25) is 0 Å². The molecule has 0 spiro atoms. The van der Waals surface area contributed by atoms with E-state index in [2.05, 4.69) is 0 Å². The summed E-state index contributed by atoms with van der Waals surface area (Å²) in [7, 11) is 0. The Hall–Kier alpha value is -3.07. The van der Waals surface area contributed by atoms with E-state index < -0.39 is 5.63 Å². The van der Waals surface area contributed by atoms with E-state index in [4.69, 9.17) is 4.42 Å². The molecule has 3 aromatic carbocycles. The molecule has 1 heterocycles. The third-order valence-corrected chi connectivity index (χ3v) is 3.81. The van der Waals surface area contributed by atoms with Gasteiger partial charge in [-0.1, -0.05) is 42.5 Å². The minimum Gasteiger partial charge on any atom is -0.508 e. The highest BCUT2D eigenvalue weighted by Crippen LogP contribution is 2.33. The summed E-state index contributed by atoms with van der Waals surface area (Å²) in [6.45, 7) is 0. The summed E-state index contributed by atoms with van der Waals surface area (Å²) in [6, 6.07) is 20.4. The zero-order valence-electron chi connectivity index (χ0n) is 11.6. The number of hydrogen-bond acceptors (Lipinski definition) is 3. The first kappa shape index (κ1) is 12.7. The molecule has 0 amide bonds. The Bertz CT molecular complexity index is 1060. The van der Waals surface area contributed by atoms with Crippen LogP contribution in [0.15, 0.2) is 75.9 Å². The van der Waals surface area contributed by atoms with Crippen LogP contribution in [0.3, 0.4) is 0 Å². The normalized spacial score (nSPS) is 11.1. The topological polar surface area (TPSA) is 50.4 Å². The van der Waals surface area contributed by atoms with Crippen molar-refractivity contribution in [3.8, 4) is 16.9 Å². The second-order valence-electron chi connectivity index (χ2n) is 5.19. The Morgan fingerprint density at radius 1 is 0.773 bits per heavy atom. The fourth-order valence-electron chi connectivity index (χ4n) is 2.83. The van der Waals surface area contributed by atoms with Crippen molar-refractivity contribution >= 4 is 21.7 Å². The van der Waals surface area contributed by atoms with Gasteiger partial charge in [0.05, 0.1) is 0 Å². The molecule has 3 heteroatoms. The third kappa shape index (κ3) is 1.95. The monoisotopic (exact) mass is 288 g/mol. The number of fused-ring (bicyclic) bond motifs is 2. The average molecular weight is 288 g/mol. The fraction of sp³-hybridized carbons (Fsp3) is 0. The highest BCUT2D eigenvalue weighted by molar-refractivity contribution is 6.04. The molecule has 106 valence electrons. The van der Waals surface area contributed by atoms with Crippen molar-refractivity contribution in [1.82, 2.24) is 0 Å². The Labute approximate surface area is 126 Å². The van der Waals surface area contributed by atoms with E-state index in [1.165, 1.54) is 12.1 Å². The van der Waals surface area contributed by atoms with Gasteiger partial charge in [-0.15, -0.1) is 0 Å². The Morgan fingerprint density at radius 2 is 1.59 bits per heavy atom. The Balaban J connectivity index is 2.15. The zero-order valence-corrected chi connectivity index (χ0v) is 11.6. The lowest BCUT2D eigenvalue weighted by atomic mass is 9.96. The molecular formula is C19H12O3. The number of phenols is 1. The molecule has 4 aromatic rings. The van der Waals surface area contributed by atoms with Gasteiger partial charge in [-0.3, -0.25) is 0 Å². The third-order valence-electron chi connectivity index (χ3n) is 3.81. The van der Waals surface area contributed by atoms with Crippen molar-refractivity contribution in [1.29, 1.82) is 0 Å². The molecule has 22 heavy (non-hydrogen) atoms. The molecule has 4 rings (SSSR count). The minimum absolute atomic E-state index is 0.0747. The lowest BCUT2D eigenvalue weighted by molar-refractivity contribution is 0.473.